The minimum atomic E-state index is 0. The van der Waals surface area contributed by atoms with Crippen LogP contribution in [0.2, 0.25) is 0 Å². The number of pyridine rings is 1. The lowest BCUT2D eigenvalue weighted by molar-refractivity contribution is 0.668. The monoisotopic (exact) mass is 413 g/mol. The van der Waals surface area contributed by atoms with E-state index in [1.165, 1.54) is 62.6 Å². The number of fused-ring (bicyclic) bond motifs is 2. The second-order valence-electron chi connectivity index (χ2n) is 9.26. The summed E-state index contributed by atoms with van der Waals surface area (Å²) in [5, 5.41) is 0. The molecule has 0 atom stereocenters. The molecule has 2 aliphatic carbocycles. The van der Waals surface area contributed by atoms with E-state index in [4.69, 9.17) is 0 Å². The highest BCUT2D eigenvalue weighted by Crippen LogP contribution is 2.20. The number of rotatable bonds is 0. The molecule has 1 nitrogen and oxygen atoms in total. The Balaban J connectivity index is 0. The van der Waals surface area contributed by atoms with E-state index in [1.807, 2.05) is 12.3 Å². The largest absolute Gasteiger partial charge is 0.261 e. The molecular weight excluding hydrogens is 362 g/mol. The summed E-state index contributed by atoms with van der Waals surface area (Å²) in [4.78, 5) is 4.32. The first-order valence-corrected chi connectivity index (χ1v) is 11.4. The van der Waals surface area contributed by atoms with E-state index in [-0.39, 0.29) is 14.9 Å². The van der Waals surface area contributed by atoms with Crippen molar-refractivity contribution in [1.82, 2.24) is 4.98 Å². The second-order valence-corrected chi connectivity index (χ2v) is 9.26. The molecule has 4 rings (SSSR count). The van der Waals surface area contributed by atoms with Gasteiger partial charge in [0.25, 0.3) is 0 Å². The third-order valence-corrected chi connectivity index (χ3v) is 4.35. The molecule has 30 heavy (non-hydrogen) atoms. The fourth-order valence-electron chi connectivity index (χ4n) is 3.21. The van der Waals surface area contributed by atoms with E-state index in [0.717, 1.165) is 11.8 Å². The van der Waals surface area contributed by atoms with Crippen molar-refractivity contribution >= 4 is 0 Å². The number of nitrogens with zero attached hydrogens (tertiary/aromatic N) is 1. The van der Waals surface area contributed by atoms with Crippen LogP contribution < -0.4 is 0 Å². The van der Waals surface area contributed by atoms with Crippen LogP contribution in [0, 0.1) is 11.8 Å². The first-order valence-electron chi connectivity index (χ1n) is 11.4. The predicted molar refractivity (Wildman–Crippen MR) is 138 cm³/mol. The Morgan fingerprint density at radius 2 is 0.933 bits per heavy atom. The summed E-state index contributed by atoms with van der Waals surface area (Å²) in [5.41, 5.74) is 5.95. The third-order valence-electron chi connectivity index (χ3n) is 4.35. The number of benzene rings is 1. The van der Waals surface area contributed by atoms with Gasteiger partial charge in [0.15, 0.2) is 0 Å². The Kier molecular flexibility index (Phi) is 18.5. The average Bonchev–Trinajstić information content (AvgIpc) is 2.68. The van der Waals surface area contributed by atoms with Crippen LogP contribution in [-0.2, 0) is 25.7 Å². The fourth-order valence-corrected chi connectivity index (χ4v) is 3.21. The Labute approximate surface area is 189 Å². The molecule has 0 fully saturated rings. The summed E-state index contributed by atoms with van der Waals surface area (Å²) < 4.78 is 0. The van der Waals surface area contributed by atoms with Gasteiger partial charge >= 0.3 is 0 Å². The smallest absolute Gasteiger partial charge is 0.0435 e. The van der Waals surface area contributed by atoms with Crippen molar-refractivity contribution in [1.29, 1.82) is 0 Å². The molecule has 0 aliphatic heterocycles. The van der Waals surface area contributed by atoms with E-state index in [2.05, 4.69) is 76.9 Å². The maximum absolute atomic E-state index is 4.32. The first kappa shape index (κ1) is 30.6. The molecule has 2 aromatic rings. The zero-order chi connectivity index (χ0) is 20.8. The molecule has 0 unspecified atom stereocenters. The van der Waals surface area contributed by atoms with E-state index < -0.39 is 0 Å². The quantitative estimate of drug-likeness (QED) is 0.419. The van der Waals surface area contributed by atoms with Gasteiger partial charge in [-0.2, -0.15) is 0 Å². The molecule has 0 radical (unpaired) electrons. The van der Waals surface area contributed by atoms with Crippen LogP contribution in [0.4, 0.5) is 0 Å². The predicted octanol–water partition coefficient (Wildman–Crippen LogP) is 9.12. The Morgan fingerprint density at radius 1 is 0.567 bits per heavy atom. The van der Waals surface area contributed by atoms with Gasteiger partial charge in [0.2, 0.25) is 0 Å². The molecule has 1 heteroatoms. The number of hydrogen-bond donors (Lipinski definition) is 0. The lowest BCUT2D eigenvalue weighted by atomic mass is 9.92. The lowest BCUT2D eigenvalue weighted by Gasteiger charge is -2.13. The van der Waals surface area contributed by atoms with Crippen molar-refractivity contribution in [2.24, 2.45) is 11.8 Å². The second kappa shape index (κ2) is 18.2. The number of aryl methyl sites for hydroxylation is 4. The topological polar surface area (TPSA) is 12.9 Å². The summed E-state index contributed by atoms with van der Waals surface area (Å²) in [5.74, 6) is 1.67. The highest BCUT2D eigenvalue weighted by molar-refractivity contribution is 5.28. The summed E-state index contributed by atoms with van der Waals surface area (Å²) in [6.07, 6.45) is 12.4. The Bertz CT molecular complexity index is 529. The van der Waals surface area contributed by atoms with Crippen LogP contribution in [0.15, 0.2) is 42.6 Å². The van der Waals surface area contributed by atoms with Gasteiger partial charge in [0, 0.05) is 11.9 Å². The van der Waals surface area contributed by atoms with Crippen LogP contribution >= 0.6 is 0 Å². The van der Waals surface area contributed by atoms with Gasteiger partial charge in [-0.05, 0) is 86.0 Å². The van der Waals surface area contributed by atoms with Gasteiger partial charge in [-0.15, -0.1) is 0 Å². The number of hydrogen-bond acceptors (Lipinski definition) is 1. The standard InChI is InChI=1S/C10H12.C9H11N.2C4H10.2CH4/c1-2-6-10-8-4-3-7-9(10)5-1;1-2-6-9-8(4-1)5-3-7-10-9;2*1-4(2)3;;/h1-2,5-6H,3-4,7-8H2;3,5,7H,1-2,4,6H2;2*4H,1-3H3;2*1H4. The zero-order valence-corrected chi connectivity index (χ0v) is 19.3. The van der Waals surface area contributed by atoms with Crippen LogP contribution in [-0.4, -0.2) is 4.98 Å². The van der Waals surface area contributed by atoms with E-state index >= 15 is 0 Å². The van der Waals surface area contributed by atoms with Gasteiger partial charge < -0.3 is 0 Å². The molecule has 172 valence electrons. The van der Waals surface area contributed by atoms with Gasteiger partial charge in [-0.3, -0.25) is 4.98 Å². The van der Waals surface area contributed by atoms with Crippen molar-refractivity contribution in [2.75, 3.05) is 0 Å². The molecule has 0 saturated carbocycles. The summed E-state index contributed by atoms with van der Waals surface area (Å²) in [6.45, 7) is 13.0. The molecule has 2 aliphatic rings. The minimum Gasteiger partial charge on any atom is -0.261 e. The zero-order valence-electron chi connectivity index (χ0n) is 19.3. The Morgan fingerprint density at radius 3 is 1.37 bits per heavy atom. The third kappa shape index (κ3) is 14.4. The van der Waals surface area contributed by atoms with Crippen molar-refractivity contribution < 1.29 is 0 Å². The molecule has 0 spiro atoms. The molecule has 0 bridgehead atoms. The normalized spacial score (nSPS) is 13.3. The molecule has 1 aromatic heterocycles. The molecule has 1 aromatic carbocycles. The molecule has 0 saturated heterocycles. The van der Waals surface area contributed by atoms with Crippen LogP contribution in [0.1, 0.15) is 104 Å². The van der Waals surface area contributed by atoms with Crippen LogP contribution in [0.25, 0.3) is 0 Å². The SMILES string of the molecule is C.C.CC(C)C.CC(C)C.c1ccc2c(c1)CCCC2.c1cnc2c(c1)CCCC2. The summed E-state index contributed by atoms with van der Waals surface area (Å²) in [7, 11) is 0. The van der Waals surface area contributed by atoms with Gasteiger partial charge in [-0.1, -0.05) is 86.7 Å². The molecule has 1 heterocycles. The average molecular weight is 414 g/mol. The van der Waals surface area contributed by atoms with E-state index in [0.29, 0.717) is 0 Å². The highest BCUT2D eigenvalue weighted by atomic mass is 14.7. The maximum Gasteiger partial charge on any atom is 0.0435 e. The minimum absolute atomic E-state index is 0. The van der Waals surface area contributed by atoms with Crippen molar-refractivity contribution in [3.8, 4) is 0 Å². The molecule has 0 amide bonds. The highest BCUT2D eigenvalue weighted by Gasteiger charge is 2.07. The Hall–Kier alpha value is -1.63. The fraction of sp³-hybridized carbons (Fsp3) is 0.621. The lowest BCUT2D eigenvalue weighted by Crippen LogP contribution is -2.03. The van der Waals surface area contributed by atoms with Crippen molar-refractivity contribution in [3.63, 3.8) is 0 Å². The first-order chi connectivity index (χ1) is 13.4. The maximum atomic E-state index is 4.32. The molecule has 0 N–H and O–H groups in total. The molecular formula is C29H51N. The number of aromatic nitrogens is 1. The summed E-state index contributed by atoms with van der Waals surface area (Å²) >= 11 is 0. The summed E-state index contributed by atoms with van der Waals surface area (Å²) in [6, 6.07) is 13.0. The van der Waals surface area contributed by atoms with Gasteiger partial charge in [0.1, 0.15) is 0 Å². The van der Waals surface area contributed by atoms with Crippen molar-refractivity contribution in [3.05, 3.63) is 65.0 Å². The van der Waals surface area contributed by atoms with Crippen molar-refractivity contribution in [2.45, 2.75) is 108 Å². The van der Waals surface area contributed by atoms with E-state index in [1.54, 1.807) is 11.1 Å². The van der Waals surface area contributed by atoms with Crippen LogP contribution in [0.3, 0.4) is 0 Å². The van der Waals surface area contributed by atoms with Gasteiger partial charge in [-0.25, -0.2) is 0 Å². The van der Waals surface area contributed by atoms with Crippen LogP contribution in [0.5, 0.6) is 0 Å². The van der Waals surface area contributed by atoms with Gasteiger partial charge in [0.05, 0.1) is 0 Å². The van der Waals surface area contributed by atoms with E-state index in [9.17, 15) is 0 Å².